The summed E-state index contributed by atoms with van der Waals surface area (Å²) < 4.78 is 8.55. The third kappa shape index (κ3) is 2.08. The summed E-state index contributed by atoms with van der Waals surface area (Å²) in [5.74, 6) is 1.01. The molecule has 0 saturated heterocycles. The molecule has 1 atom stereocenters. The van der Waals surface area contributed by atoms with E-state index < -0.39 is 0 Å². The first-order chi connectivity index (χ1) is 13.6. The van der Waals surface area contributed by atoms with Crippen molar-refractivity contribution in [3.63, 3.8) is 0 Å². The van der Waals surface area contributed by atoms with Crippen molar-refractivity contribution < 1.29 is 4.42 Å². The van der Waals surface area contributed by atoms with E-state index in [-0.39, 0.29) is 4.32 Å². The summed E-state index contributed by atoms with van der Waals surface area (Å²) in [5.41, 5.74) is 7.18. The minimum atomic E-state index is -0.236. The lowest BCUT2D eigenvalue weighted by Crippen LogP contribution is -2.21. The number of halogens is 1. The van der Waals surface area contributed by atoms with Gasteiger partial charge in [0.1, 0.15) is 11.3 Å². The van der Waals surface area contributed by atoms with Crippen LogP contribution in [0, 0.1) is 0 Å². The highest BCUT2D eigenvalue weighted by Crippen LogP contribution is 2.53. The fraction of sp³-hybridized carbons (Fsp3) is 0.120. The smallest absolute Gasteiger partial charge is 0.135 e. The first-order valence-electron chi connectivity index (χ1n) is 9.54. The summed E-state index contributed by atoms with van der Waals surface area (Å²) in [4.78, 5) is 0. The molecule has 0 saturated carbocycles. The Morgan fingerprint density at radius 2 is 1.54 bits per heavy atom. The van der Waals surface area contributed by atoms with E-state index in [1.165, 1.54) is 38.8 Å². The Morgan fingerprint density at radius 1 is 0.857 bits per heavy atom. The summed E-state index contributed by atoms with van der Waals surface area (Å²) in [6.07, 6.45) is 0.884. The Hall–Kier alpha value is -2.78. The molecule has 0 amide bonds. The van der Waals surface area contributed by atoms with Crippen molar-refractivity contribution in [2.24, 2.45) is 0 Å². The van der Waals surface area contributed by atoms with E-state index in [0.29, 0.717) is 0 Å². The predicted octanol–water partition coefficient (Wildman–Crippen LogP) is 7.21. The molecule has 28 heavy (non-hydrogen) atoms. The highest BCUT2D eigenvalue weighted by atomic mass is 79.9. The number of aromatic nitrogens is 1. The van der Waals surface area contributed by atoms with Crippen LogP contribution in [0.3, 0.4) is 0 Å². The molecule has 6 rings (SSSR count). The molecular formula is C25H18BrNO. The SMILES string of the molecule is C[C@@]1(Br)Cc2c(n(-c3ccccc3)c3ccccc23)-c2c1oc1ccccc21. The van der Waals surface area contributed by atoms with Gasteiger partial charge in [0.25, 0.3) is 0 Å². The van der Waals surface area contributed by atoms with Crippen LogP contribution in [0.1, 0.15) is 18.2 Å². The van der Waals surface area contributed by atoms with Gasteiger partial charge in [0, 0.05) is 22.0 Å². The van der Waals surface area contributed by atoms with E-state index in [2.05, 4.69) is 100 Å². The van der Waals surface area contributed by atoms with Gasteiger partial charge in [-0.25, -0.2) is 0 Å². The van der Waals surface area contributed by atoms with E-state index >= 15 is 0 Å². The first-order valence-corrected chi connectivity index (χ1v) is 10.3. The lowest BCUT2D eigenvalue weighted by molar-refractivity contribution is 0.482. The van der Waals surface area contributed by atoms with Crippen LogP contribution in [0.4, 0.5) is 0 Å². The molecule has 3 aromatic carbocycles. The second kappa shape index (κ2) is 5.62. The number of furan rings is 1. The van der Waals surface area contributed by atoms with Gasteiger partial charge < -0.3 is 8.98 Å². The van der Waals surface area contributed by atoms with Crippen molar-refractivity contribution in [2.75, 3.05) is 0 Å². The number of alkyl halides is 1. The topological polar surface area (TPSA) is 18.1 Å². The highest BCUT2D eigenvalue weighted by molar-refractivity contribution is 9.09. The quantitative estimate of drug-likeness (QED) is 0.258. The monoisotopic (exact) mass is 427 g/mol. The van der Waals surface area contributed by atoms with Crippen LogP contribution in [0.2, 0.25) is 0 Å². The van der Waals surface area contributed by atoms with Gasteiger partial charge in [0.15, 0.2) is 0 Å². The zero-order valence-corrected chi connectivity index (χ0v) is 17.0. The van der Waals surface area contributed by atoms with Crippen LogP contribution in [-0.2, 0) is 10.7 Å². The molecule has 1 aliphatic rings. The van der Waals surface area contributed by atoms with Crippen molar-refractivity contribution >= 4 is 37.8 Å². The van der Waals surface area contributed by atoms with Crippen molar-refractivity contribution in [3.05, 3.63) is 90.2 Å². The minimum Gasteiger partial charge on any atom is -0.459 e. The Balaban J connectivity index is 1.84. The zero-order valence-electron chi connectivity index (χ0n) is 15.4. The van der Waals surface area contributed by atoms with Crippen molar-refractivity contribution in [1.29, 1.82) is 0 Å². The normalized spacial score (nSPS) is 18.4. The summed E-state index contributed by atoms with van der Waals surface area (Å²) >= 11 is 3.99. The Bertz CT molecular complexity index is 1360. The van der Waals surface area contributed by atoms with E-state index in [1.807, 2.05) is 6.07 Å². The minimum absolute atomic E-state index is 0.236. The van der Waals surface area contributed by atoms with Crippen LogP contribution < -0.4 is 0 Å². The van der Waals surface area contributed by atoms with E-state index in [4.69, 9.17) is 4.42 Å². The molecule has 1 aliphatic carbocycles. The number of fused-ring (bicyclic) bond motifs is 7. The van der Waals surface area contributed by atoms with Crippen LogP contribution >= 0.6 is 15.9 Å². The maximum Gasteiger partial charge on any atom is 0.135 e. The van der Waals surface area contributed by atoms with Crippen molar-refractivity contribution in [2.45, 2.75) is 17.7 Å². The summed E-state index contributed by atoms with van der Waals surface area (Å²) in [7, 11) is 0. The molecule has 0 fully saturated rings. The van der Waals surface area contributed by atoms with Gasteiger partial charge in [-0.3, -0.25) is 0 Å². The Kier molecular flexibility index (Phi) is 3.25. The summed E-state index contributed by atoms with van der Waals surface area (Å²) in [6.45, 7) is 2.21. The maximum absolute atomic E-state index is 6.39. The van der Waals surface area contributed by atoms with Crippen molar-refractivity contribution in [3.8, 4) is 16.9 Å². The molecule has 136 valence electrons. The number of rotatable bonds is 1. The van der Waals surface area contributed by atoms with Crippen LogP contribution in [0.15, 0.2) is 83.3 Å². The standard InChI is InChI=1S/C25H18BrNO/c1-25(26)15-19-17-11-5-7-13-20(17)27(16-9-3-2-4-10-16)23(19)22-18-12-6-8-14-21(18)28-24(22)25/h2-14H,15H2,1H3/t25-/m1/s1. The van der Waals surface area contributed by atoms with Gasteiger partial charge in [-0.05, 0) is 43.2 Å². The number of para-hydroxylation sites is 3. The van der Waals surface area contributed by atoms with Gasteiger partial charge in [0.05, 0.1) is 15.5 Å². The second-order valence-electron chi connectivity index (χ2n) is 7.69. The number of hydrogen-bond acceptors (Lipinski definition) is 1. The predicted molar refractivity (Wildman–Crippen MR) is 118 cm³/mol. The average Bonchev–Trinajstić information content (AvgIpc) is 3.25. The van der Waals surface area contributed by atoms with E-state index in [0.717, 1.165) is 17.8 Å². The third-order valence-corrected chi connectivity index (χ3v) is 6.45. The Labute approximate surface area is 171 Å². The molecule has 2 heterocycles. The zero-order chi connectivity index (χ0) is 18.9. The maximum atomic E-state index is 6.39. The molecule has 0 bridgehead atoms. The molecule has 0 radical (unpaired) electrons. The fourth-order valence-corrected chi connectivity index (χ4v) is 5.21. The van der Waals surface area contributed by atoms with Crippen LogP contribution in [0.25, 0.3) is 38.8 Å². The third-order valence-electron chi connectivity index (χ3n) is 5.81. The molecule has 2 aromatic heterocycles. The molecular weight excluding hydrogens is 410 g/mol. The van der Waals surface area contributed by atoms with Gasteiger partial charge in [-0.1, -0.05) is 70.5 Å². The number of nitrogens with zero attached hydrogens (tertiary/aromatic N) is 1. The van der Waals surface area contributed by atoms with Gasteiger partial charge in [-0.2, -0.15) is 0 Å². The molecule has 0 spiro atoms. The number of benzene rings is 3. The number of hydrogen-bond donors (Lipinski definition) is 0. The van der Waals surface area contributed by atoms with Crippen LogP contribution in [0.5, 0.6) is 0 Å². The molecule has 5 aromatic rings. The molecule has 2 nitrogen and oxygen atoms in total. The highest BCUT2D eigenvalue weighted by Gasteiger charge is 2.40. The van der Waals surface area contributed by atoms with Crippen molar-refractivity contribution in [1.82, 2.24) is 4.57 Å². The molecule has 3 heteroatoms. The lowest BCUT2D eigenvalue weighted by atomic mass is 9.85. The van der Waals surface area contributed by atoms with Gasteiger partial charge >= 0.3 is 0 Å². The Morgan fingerprint density at radius 3 is 2.36 bits per heavy atom. The average molecular weight is 428 g/mol. The second-order valence-corrected chi connectivity index (χ2v) is 9.44. The van der Waals surface area contributed by atoms with Gasteiger partial charge in [-0.15, -0.1) is 0 Å². The molecule has 0 unspecified atom stereocenters. The lowest BCUT2D eigenvalue weighted by Gasteiger charge is -2.28. The molecule has 0 aliphatic heterocycles. The van der Waals surface area contributed by atoms with E-state index in [9.17, 15) is 0 Å². The molecule has 0 N–H and O–H groups in total. The summed E-state index contributed by atoms with van der Waals surface area (Å²) in [6, 6.07) is 27.7. The van der Waals surface area contributed by atoms with E-state index in [1.54, 1.807) is 0 Å². The fourth-order valence-electron chi connectivity index (χ4n) is 4.65. The summed E-state index contributed by atoms with van der Waals surface area (Å²) in [5, 5.41) is 2.48. The van der Waals surface area contributed by atoms with Gasteiger partial charge in [0.2, 0.25) is 0 Å². The van der Waals surface area contributed by atoms with Crippen LogP contribution in [-0.4, -0.2) is 4.57 Å². The largest absolute Gasteiger partial charge is 0.459 e. The first kappa shape index (κ1) is 16.2.